The van der Waals surface area contributed by atoms with E-state index >= 15 is 0 Å². The van der Waals surface area contributed by atoms with Crippen LogP contribution >= 0.6 is 11.3 Å². The summed E-state index contributed by atoms with van der Waals surface area (Å²) >= 11 is 1.75. The van der Waals surface area contributed by atoms with Crippen molar-refractivity contribution >= 4 is 86.2 Å². The fourth-order valence-corrected chi connectivity index (χ4v) is 9.65. The molecule has 0 radical (unpaired) electrons. The van der Waals surface area contributed by atoms with Gasteiger partial charge in [-0.1, -0.05) is 140 Å². The number of nitrogens with zero attached hydrogens (tertiary/aromatic N) is 3. The molecule has 0 bridgehead atoms. The van der Waals surface area contributed by atoms with E-state index in [0.29, 0.717) is 5.82 Å². The molecule has 4 heterocycles. The molecule has 5 heteroatoms. The van der Waals surface area contributed by atoms with E-state index in [4.69, 9.17) is 14.4 Å². The van der Waals surface area contributed by atoms with Crippen molar-refractivity contribution in [3.05, 3.63) is 176 Å². The van der Waals surface area contributed by atoms with Crippen molar-refractivity contribution in [1.29, 1.82) is 0 Å². The Labute approximate surface area is 319 Å². The van der Waals surface area contributed by atoms with E-state index < -0.39 is 0 Å². The summed E-state index contributed by atoms with van der Waals surface area (Å²) in [4.78, 5) is 10.8. The molecule has 12 aromatic rings. The predicted molar refractivity (Wildman–Crippen MR) is 230 cm³/mol. The second kappa shape index (κ2) is 11.7. The van der Waals surface area contributed by atoms with Gasteiger partial charge in [-0.15, -0.1) is 11.3 Å². The van der Waals surface area contributed by atoms with Gasteiger partial charge in [-0.25, -0.2) is 9.97 Å². The minimum atomic E-state index is 0.680. The van der Waals surface area contributed by atoms with Gasteiger partial charge in [0.15, 0.2) is 5.82 Å². The lowest BCUT2D eigenvalue weighted by Crippen LogP contribution is -1.95. The molecule has 0 aliphatic heterocycles. The largest absolute Gasteiger partial charge is 0.456 e. The van der Waals surface area contributed by atoms with Crippen molar-refractivity contribution in [2.24, 2.45) is 0 Å². The number of para-hydroxylation sites is 1. The third-order valence-corrected chi connectivity index (χ3v) is 12.2. The topological polar surface area (TPSA) is 43.9 Å². The molecule has 0 saturated carbocycles. The van der Waals surface area contributed by atoms with E-state index in [-0.39, 0.29) is 0 Å². The Morgan fingerprint density at radius 2 is 1.24 bits per heavy atom. The van der Waals surface area contributed by atoms with Gasteiger partial charge in [0.25, 0.3) is 0 Å². The fraction of sp³-hybridized carbons (Fsp3) is 0. The maximum absolute atomic E-state index is 6.58. The van der Waals surface area contributed by atoms with Crippen LogP contribution in [0, 0.1) is 0 Å². The third kappa shape index (κ3) is 4.57. The molecule has 0 amide bonds. The monoisotopic (exact) mass is 719 g/mol. The van der Waals surface area contributed by atoms with Crippen LogP contribution in [0.5, 0.6) is 0 Å². The lowest BCUT2D eigenvalue weighted by atomic mass is 10.0. The third-order valence-electron chi connectivity index (χ3n) is 11.0. The molecule has 0 atom stereocenters. The summed E-state index contributed by atoms with van der Waals surface area (Å²) in [6.45, 7) is 0. The molecule has 0 aliphatic rings. The average Bonchev–Trinajstić information content (AvgIpc) is 3.93. The Balaban J connectivity index is 1.11. The Morgan fingerprint density at radius 3 is 2.13 bits per heavy atom. The number of benzene rings is 8. The van der Waals surface area contributed by atoms with Crippen LogP contribution in [0.4, 0.5) is 0 Å². The predicted octanol–water partition coefficient (Wildman–Crippen LogP) is 14.0. The zero-order chi connectivity index (χ0) is 36.0. The van der Waals surface area contributed by atoms with Gasteiger partial charge in [-0.3, -0.25) is 0 Å². The lowest BCUT2D eigenvalue weighted by Gasteiger charge is -2.11. The van der Waals surface area contributed by atoms with E-state index in [0.717, 1.165) is 60.0 Å². The molecule has 0 saturated heterocycles. The molecule has 0 fully saturated rings. The molecule has 256 valence electrons. The average molecular weight is 720 g/mol. The van der Waals surface area contributed by atoms with Crippen molar-refractivity contribution in [3.63, 3.8) is 0 Å². The number of aromatic nitrogens is 3. The van der Waals surface area contributed by atoms with Gasteiger partial charge in [0.1, 0.15) is 11.2 Å². The fourth-order valence-electron chi connectivity index (χ4n) is 8.50. The first kappa shape index (κ1) is 30.4. The molecular formula is C50H29N3OS. The molecule has 8 aromatic carbocycles. The van der Waals surface area contributed by atoms with Crippen LogP contribution in [0.25, 0.3) is 114 Å². The summed E-state index contributed by atoms with van der Waals surface area (Å²) in [6, 6.07) is 62.4. The van der Waals surface area contributed by atoms with Crippen LogP contribution < -0.4 is 0 Å². The lowest BCUT2D eigenvalue weighted by molar-refractivity contribution is 0.669. The minimum absolute atomic E-state index is 0.680. The van der Waals surface area contributed by atoms with Crippen LogP contribution in [-0.4, -0.2) is 14.5 Å². The zero-order valence-electron chi connectivity index (χ0n) is 29.4. The standard InChI is InChI=1S/C50H29N3OS/c1-2-11-30(12-3-1)31-21-23-33(24-22-31)46-49-47(38-16-7-9-20-44(38)55-49)52-50(51-46)39-17-10-19-43-45(39)40-29-34(26-28-42(40)54-43)53-41-18-8-6-15-36(41)37-27-25-32-13-4-5-14-35(32)48(37)53/h1-29H. The Morgan fingerprint density at radius 1 is 0.491 bits per heavy atom. The summed E-state index contributed by atoms with van der Waals surface area (Å²) in [7, 11) is 0. The number of rotatable bonds is 4. The van der Waals surface area contributed by atoms with Gasteiger partial charge < -0.3 is 8.98 Å². The first-order valence-electron chi connectivity index (χ1n) is 18.5. The smallest absolute Gasteiger partial charge is 0.161 e. The van der Waals surface area contributed by atoms with Crippen LogP contribution in [0.15, 0.2) is 180 Å². The Bertz CT molecular complexity index is 3480. The van der Waals surface area contributed by atoms with E-state index in [9.17, 15) is 0 Å². The minimum Gasteiger partial charge on any atom is -0.456 e. The van der Waals surface area contributed by atoms with Gasteiger partial charge in [0.2, 0.25) is 0 Å². The summed E-state index contributed by atoms with van der Waals surface area (Å²) in [5.41, 5.74) is 11.4. The highest BCUT2D eigenvalue weighted by Crippen LogP contribution is 2.43. The molecule has 0 unspecified atom stereocenters. The van der Waals surface area contributed by atoms with Gasteiger partial charge in [-0.05, 0) is 52.9 Å². The summed E-state index contributed by atoms with van der Waals surface area (Å²) in [5, 5.41) is 8.09. The van der Waals surface area contributed by atoms with Crippen molar-refractivity contribution in [1.82, 2.24) is 14.5 Å². The SMILES string of the molecule is c1ccc(-c2ccc(-c3nc(-c4cccc5oc6ccc(-n7c8ccccc8c8ccc9ccccc9c87)cc6c45)nc4c3sc3ccccc34)cc2)cc1. The molecule has 0 N–H and O–H groups in total. The van der Waals surface area contributed by atoms with Crippen molar-refractivity contribution in [2.75, 3.05) is 0 Å². The van der Waals surface area contributed by atoms with Gasteiger partial charge in [0, 0.05) is 53.8 Å². The Kier molecular flexibility index (Phi) is 6.47. The van der Waals surface area contributed by atoms with Crippen LogP contribution in [0.2, 0.25) is 0 Å². The maximum Gasteiger partial charge on any atom is 0.161 e. The maximum atomic E-state index is 6.58. The second-order valence-corrected chi connectivity index (χ2v) is 15.2. The van der Waals surface area contributed by atoms with Crippen molar-refractivity contribution in [3.8, 4) is 39.5 Å². The van der Waals surface area contributed by atoms with Gasteiger partial charge in [0.05, 0.1) is 26.9 Å². The van der Waals surface area contributed by atoms with Gasteiger partial charge in [-0.2, -0.15) is 0 Å². The molecule has 0 aliphatic carbocycles. The van der Waals surface area contributed by atoms with Crippen LogP contribution in [-0.2, 0) is 0 Å². The summed E-state index contributed by atoms with van der Waals surface area (Å²) in [6.07, 6.45) is 0. The number of furan rings is 1. The number of fused-ring (bicyclic) bond motifs is 11. The molecule has 55 heavy (non-hydrogen) atoms. The highest BCUT2D eigenvalue weighted by molar-refractivity contribution is 7.26. The van der Waals surface area contributed by atoms with E-state index in [1.54, 1.807) is 11.3 Å². The molecular weight excluding hydrogens is 691 g/mol. The molecule has 4 aromatic heterocycles. The highest BCUT2D eigenvalue weighted by atomic mass is 32.1. The Hall–Kier alpha value is -7.08. The molecule has 4 nitrogen and oxygen atoms in total. The quantitative estimate of drug-likeness (QED) is 0.182. The first-order valence-corrected chi connectivity index (χ1v) is 19.3. The second-order valence-electron chi connectivity index (χ2n) is 14.1. The van der Waals surface area contributed by atoms with E-state index in [1.165, 1.54) is 48.4 Å². The highest BCUT2D eigenvalue weighted by Gasteiger charge is 2.21. The normalized spacial score (nSPS) is 12.0. The zero-order valence-corrected chi connectivity index (χ0v) is 30.2. The number of hydrogen-bond acceptors (Lipinski definition) is 4. The number of thiophene rings is 1. The first-order chi connectivity index (χ1) is 27.3. The summed E-state index contributed by atoms with van der Waals surface area (Å²) < 4.78 is 11.3. The van der Waals surface area contributed by atoms with Crippen molar-refractivity contribution in [2.45, 2.75) is 0 Å². The molecule has 12 rings (SSSR count). The van der Waals surface area contributed by atoms with Crippen LogP contribution in [0.3, 0.4) is 0 Å². The van der Waals surface area contributed by atoms with Crippen molar-refractivity contribution < 1.29 is 4.42 Å². The summed E-state index contributed by atoms with van der Waals surface area (Å²) in [5.74, 6) is 0.680. The van der Waals surface area contributed by atoms with E-state index in [1.807, 2.05) is 12.1 Å². The van der Waals surface area contributed by atoms with Gasteiger partial charge >= 0.3 is 0 Å². The molecule has 0 spiro atoms. The number of hydrogen-bond donors (Lipinski definition) is 0. The van der Waals surface area contributed by atoms with Crippen LogP contribution in [0.1, 0.15) is 0 Å². The van der Waals surface area contributed by atoms with E-state index in [2.05, 4.69) is 168 Å².